The van der Waals surface area contributed by atoms with Crippen molar-refractivity contribution in [2.24, 2.45) is 0 Å². The molecule has 116 valence electrons. The van der Waals surface area contributed by atoms with Crippen LogP contribution in [0.5, 0.6) is 0 Å². The van der Waals surface area contributed by atoms with Crippen molar-refractivity contribution < 1.29 is 4.57 Å². The predicted octanol–water partition coefficient (Wildman–Crippen LogP) is 4.82. The number of hydrogen-bond acceptors (Lipinski definition) is 2. The molecule has 4 heterocycles. The number of pyridine rings is 1. The summed E-state index contributed by atoms with van der Waals surface area (Å²) in [6, 6.07) is 17.6. The van der Waals surface area contributed by atoms with Gasteiger partial charge in [0.15, 0.2) is 12.2 Å². The van der Waals surface area contributed by atoms with Crippen LogP contribution in [0.1, 0.15) is 0 Å². The molecule has 4 heteroatoms. The zero-order valence-electron chi connectivity index (χ0n) is 13.2. The Morgan fingerprint density at radius 1 is 0.880 bits per heavy atom. The number of thiophene rings is 1. The minimum absolute atomic E-state index is 0.807. The molecular formula is C21H12N3S+. The minimum atomic E-state index is 0.807. The Labute approximate surface area is 146 Å². The lowest BCUT2D eigenvalue weighted by Gasteiger charge is -2.05. The monoisotopic (exact) mass is 338 g/mol. The summed E-state index contributed by atoms with van der Waals surface area (Å²) in [4.78, 5) is 4.81. The van der Waals surface area contributed by atoms with Gasteiger partial charge in [-0.15, -0.1) is 11.3 Å². The zero-order chi connectivity index (χ0) is 16.1. The molecule has 0 spiro atoms. The van der Waals surface area contributed by atoms with E-state index < -0.39 is 0 Å². The molecule has 6 aromatic rings. The molecule has 0 bridgehead atoms. The lowest BCUT2D eigenvalue weighted by atomic mass is 9.97. The van der Waals surface area contributed by atoms with Gasteiger partial charge in [0.25, 0.3) is 6.33 Å². The molecule has 0 amide bonds. The summed E-state index contributed by atoms with van der Waals surface area (Å²) in [5.41, 5.74) is 3.74. The Kier molecular flexibility index (Phi) is 1.97. The van der Waals surface area contributed by atoms with Crippen LogP contribution in [-0.4, -0.2) is 9.55 Å². The smallest absolute Gasteiger partial charge is 0.289 e. The maximum Gasteiger partial charge on any atom is 0.289 e. The number of aromatic nitrogens is 3. The first-order valence-corrected chi connectivity index (χ1v) is 9.25. The van der Waals surface area contributed by atoms with Gasteiger partial charge < -0.3 is 4.57 Å². The maximum atomic E-state index is 4.81. The van der Waals surface area contributed by atoms with E-state index in [-0.39, 0.29) is 0 Å². The van der Waals surface area contributed by atoms with Crippen LogP contribution in [0.15, 0.2) is 61.1 Å². The zero-order valence-corrected chi connectivity index (χ0v) is 14.0. The Morgan fingerprint density at radius 2 is 1.80 bits per heavy atom. The summed E-state index contributed by atoms with van der Waals surface area (Å²) in [6.45, 7) is 0.807. The number of rotatable bonds is 0. The summed E-state index contributed by atoms with van der Waals surface area (Å²) in [7, 11) is 0. The second kappa shape index (κ2) is 3.98. The largest absolute Gasteiger partial charge is 0.309 e. The van der Waals surface area contributed by atoms with Crippen LogP contribution in [0.25, 0.3) is 52.9 Å². The molecule has 0 aliphatic carbocycles. The maximum absolute atomic E-state index is 4.81. The van der Waals surface area contributed by atoms with Crippen LogP contribution in [0.3, 0.4) is 0 Å². The lowest BCUT2D eigenvalue weighted by molar-refractivity contribution is -0.674. The molecule has 1 aliphatic rings. The first-order valence-electron chi connectivity index (χ1n) is 8.43. The summed E-state index contributed by atoms with van der Waals surface area (Å²) in [5, 5.41) is 6.60. The summed E-state index contributed by atoms with van der Waals surface area (Å²) >= 11 is 1.89. The molecule has 7 rings (SSSR count). The van der Waals surface area contributed by atoms with Gasteiger partial charge >= 0.3 is 0 Å². The molecule has 1 aliphatic heterocycles. The van der Waals surface area contributed by atoms with Crippen LogP contribution < -0.4 is 4.57 Å². The third-order valence-corrected chi connectivity index (χ3v) is 6.62. The molecule has 0 atom stereocenters. The average molecular weight is 338 g/mol. The number of fused-ring (bicyclic) bond motifs is 3. The number of hydrogen-bond donors (Lipinski definition) is 0. The summed E-state index contributed by atoms with van der Waals surface area (Å²) < 4.78 is 7.37. The fourth-order valence-corrected chi connectivity index (χ4v) is 5.66. The van der Waals surface area contributed by atoms with Gasteiger partial charge in [0.2, 0.25) is 5.52 Å². The third kappa shape index (κ3) is 1.32. The first kappa shape index (κ1) is 12.4. The summed E-state index contributed by atoms with van der Waals surface area (Å²) in [6.07, 6.45) is 4.18. The third-order valence-electron chi connectivity index (χ3n) is 5.51. The molecule has 3 aromatic carbocycles. The normalized spacial score (nSPS) is 13.4. The van der Waals surface area contributed by atoms with Crippen molar-refractivity contribution in [3.05, 3.63) is 61.1 Å². The fraction of sp³-hybridized carbons (Fsp3) is 0.0476. The molecule has 0 saturated heterocycles. The molecule has 3 aromatic heterocycles. The van der Waals surface area contributed by atoms with Gasteiger partial charge in [-0.1, -0.05) is 24.3 Å². The molecule has 0 unspecified atom stereocenters. The van der Waals surface area contributed by atoms with E-state index in [1.54, 1.807) is 0 Å². The first-order chi connectivity index (χ1) is 12.4. The minimum Gasteiger partial charge on any atom is -0.309 e. The van der Waals surface area contributed by atoms with Gasteiger partial charge in [-0.25, -0.2) is 4.57 Å². The van der Waals surface area contributed by atoms with Crippen molar-refractivity contribution in [3.63, 3.8) is 0 Å². The Hall–Kier alpha value is -2.98. The van der Waals surface area contributed by atoms with E-state index in [1.807, 2.05) is 17.7 Å². The molecule has 0 fully saturated rings. The molecule has 25 heavy (non-hydrogen) atoms. The van der Waals surface area contributed by atoms with Gasteiger partial charge in [-0.2, -0.15) is 0 Å². The Morgan fingerprint density at radius 3 is 2.76 bits per heavy atom. The van der Waals surface area contributed by atoms with Crippen LogP contribution in [-0.2, 0) is 6.67 Å². The standard InChI is InChI=1S/C21H12N3S/c1-2-5-14-12(4-1)13-7-8-15-18-17(13)21-19(14)22-10-24(21)11-23-9-3-6-16(25-15)20(18)23/h1-10H,11H2/q+1. The van der Waals surface area contributed by atoms with Crippen molar-refractivity contribution in [3.8, 4) is 0 Å². The fourth-order valence-electron chi connectivity index (χ4n) is 4.53. The van der Waals surface area contributed by atoms with Crippen LogP contribution in [0, 0.1) is 0 Å². The SMILES string of the molecule is c1ccc2c(c1)c1ccc3sc4cccn5c4c3c1c1c2nc[n+]1C5. The molecule has 0 N–H and O–H groups in total. The van der Waals surface area contributed by atoms with Gasteiger partial charge in [-0.05, 0) is 40.0 Å². The van der Waals surface area contributed by atoms with Gasteiger partial charge in [0.1, 0.15) is 0 Å². The Bertz CT molecular complexity index is 1520. The van der Waals surface area contributed by atoms with Crippen LogP contribution in [0.2, 0.25) is 0 Å². The molecule has 0 saturated carbocycles. The second-order valence-corrected chi connectivity index (χ2v) is 7.84. The highest BCUT2D eigenvalue weighted by atomic mass is 32.1. The van der Waals surface area contributed by atoms with Crippen molar-refractivity contribution in [1.82, 2.24) is 9.55 Å². The van der Waals surface area contributed by atoms with Crippen LogP contribution in [0.4, 0.5) is 0 Å². The number of imidazole rings is 1. The van der Waals surface area contributed by atoms with E-state index in [2.05, 4.69) is 63.9 Å². The van der Waals surface area contributed by atoms with E-state index in [1.165, 1.54) is 47.4 Å². The molecular weight excluding hydrogens is 326 g/mol. The molecule has 0 radical (unpaired) electrons. The van der Waals surface area contributed by atoms with Crippen molar-refractivity contribution >= 4 is 64.2 Å². The predicted molar refractivity (Wildman–Crippen MR) is 103 cm³/mol. The van der Waals surface area contributed by atoms with E-state index in [9.17, 15) is 0 Å². The van der Waals surface area contributed by atoms with Crippen LogP contribution >= 0.6 is 11.3 Å². The average Bonchev–Trinajstić information content (AvgIpc) is 3.19. The van der Waals surface area contributed by atoms with E-state index >= 15 is 0 Å². The highest BCUT2D eigenvalue weighted by Crippen LogP contribution is 2.43. The Balaban J connectivity index is 1.98. The van der Waals surface area contributed by atoms with Gasteiger partial charge in [-0.3, -0.25) is 0 Å². The quantitative estimate of drug-likeness (QED) is 0.287. The van der Waals surface area contributed by atoms with Crippen molar-refractivity contribution in [2.75, 3.05) is 0 Å². The lowest BCUT2D eigenvalue weighted by Crippen LogP contribution is -2.35. The molecule has 3 nitrogen and oxygen atoms in total. The number of benzene rings is 3. The van der Waals surface area contributed by atoms with Gasteiger partial charge in [0.05, 0.1) is 10.2 Å². The number of nitrogens with zero attached hydrogens (tertiary/aromatic N) is 3. The van der Waals surface area contributed by atoms with Gasteiger partial charge in [0, 0.05) is 27.1 Å². The van der Waals surface area contributed by atoms with Crippen molar-refractivity contribution in [2.45, 2.75) is 6.67 Å². The van der Waals surface area contributed by atoms with E-state index in [4.69, 9.17) is 4.98 Å². The van der Waals surface area contributed by atoms with E-state index in [0.29, 0.717) is 0 Å². The summed E-state index contributed by atoms with van der Waals surface area (Å²) in [5.74, 6) is 0. The van der Waals surface area contributed by atoms with Crippen molar-refractivity contribution in [1.29, 1.82) is 0 Å². The topological polar surface area (TPSA) is 21.7 Å². The highest BCUT2D eigenvalue weighted by molar-refractivity contribution is 7.26. The second-order valence-electron chi connectivity index (χ2n) is 6.75. The highest BCUT2D eigenvalue weighted by Gasteiger charge is 2.26. The van der Waals surface area contributed by atoms with E-state index in [0.717, 1.165) is 12.2 Å².